The van der Waals surface area contributed by atoms with Crippen LogP contribution in [-0.2, 0) is 10.3 Å². The van der Waals surface area contributed by atoms with E-state index < -0.39 is 11.8 Å². The summed E-state index contributed by atoms with van der Waals surface area (Å²) < 4.78 is 1.65. The van der Waals surface area contributed by atoms with Crippen molar-refractivity contribution in [2.75, 3.05) is 18.4 Å². The summed E-state index contributed by atoms with van der Waals surface area (Å²) in [4.78, 5) is 13.2. The number of aliphatic hydroxyl groups excluding tert-OH is 1. The fraction of sp³-hybridized carbons (Fsp3) is 0.353. The lowest BCUT2D eigenvalue weighted by Crippen LogP contribution is -2.63. The van der Waals surface area contributed by atoms with Crippen molar-refractivity contribution in [3.63, 3.8) is 0 Å². The third-order valence-electron chi connectivity index (χ3n) is 4.41. The van der Waals surface area contributed by atoms with Gasteiger partial charge in [-0.25, -0.2) is 0 Å². The maximum Gasteiger partial charge on any atom is 0.219 e. The second-order valence-electron chi connectivity index (χ2n) is 6.25. The van der Waals surface area contributed by atoms with Crippen molar-refractivity contribution < 1.29 is 9.90 Å². The monoisotopic (exact) mass is 340 g/mol. The van der Waals surface area contributed by atoms with Crippen LogP contribution >= 0.6 is 0 Å². The molecule has 1 aromatic carbocycles. The summed E-state index contributed by atoms with van der Waals surface area (Å²) in [5.41, 5.74) is 6.31. The summed E-state index contributed by atoms with van der Waals surface area (Å²) in [5.74, 6) is 0.391. The van der Waals surface area contributed by atoms with E-state index in [1.54, 1.807) is 15.8 Å². The van der Waals surface area contributed by atoms with Crippen molar-refractivity contribution in [3.8, 4) is 6.07 Å². The largest absolute Gasteiger partial charge is 0.374 e. The van der Waals surface area contributed by atoms with Crippen LogP contribution < -0.4 is 11.1 Å². The van der Waals surface area contributed by atoms with Crippen LogP contribution in [0.5, 0.6) is 0 Å². The molecule has 0 saturated carbocycles. The molecule has 1 amide bonds. The minimum Gasteiger partial charge on any atom is -0.374 e. The second-order valence-corrected chi connectivity index (χ2v) is 6.25. The average Bonchev–Trinajstić information content (AvgIpc) is 2.95. The molecule has 8 nitrogen and oxygen atoms in total. The Morgan fingerprint density at radius 2 is 2.16 bits per heavy atom. The van der Waals surface area contributed by atoms with E-state index in [4.69, 9.17) is 5.73 Å². The van der Waals surface area contributed by atoms with Crippen LogP contribution in [0.2, 0.25) is 0 Å². The second kappa shape index (κ2) is 6.55. The average molecular weight is 340 g/mol. The molecule has 8 heteroatoms. The molecule has 25 heavy (non-hydrogen) atoms. The number of aromatic nitrogens is 2. The number of nitrogens with one attached hydrogen (secondary N) is 1. The zero-order valence-electron chi connectivity index (χ0n) is 13.9. The Morgan fingerprint density at radius 3 is 2.72 bits per heavy atom. The predicted octanol–water partition coefficient (Wildman–Crippen LogP) is 1.05. The molecule has 3 rings (SSSR count). The molecule has 4 N–H and O–H groups in total. The summed E-state index contributed by atoms with van der Waals surface area (Å²) in [6.45, 7) is 2.31. The summed E-state index contributed by atoms with van der Waals surface area (Å²) >= 11 is 0. The molecule has 0 aliphatic carbocycles. The number of likely N-dealkylation sites (tertiary alicyclic amines) is 1. The van der Waals surface area contributed by atoms with E-state index >= 15 is 0 Å². The van der Waals surface area contributed by atoms with E-state index in [9.17, 15) is 15.2 Å². The normalized spacial score (nSPS) is 16.6. The predicted molar refractivity (Wildman–Crippen MR) is 91.6 cm³/mol. The van der Waals surface area contributed by atoms with Crippen LogP contribution in [0, 0.1) is 11.3 Å². The summed E-state index contributed by atoms with van der Waals surface area (Å²) in [6, 6.07) is 11.6. The van der Waals surface area contributed by atoms with Gasteiger partial charge in [0.15, 0.2) is 5.82 Å². The van der Waals surface area contributed by atoms with Crippen LogP contribution in [0.4, 0.5) is 11.5 Å². The first-order valence-electron chi connectivity index (χ1n) is 7.93. The number of aliphatic hydroxyl groups is 1. The Labute approximate surface area is 145 Å². The fourth-order valence-electron chi connectivity index (χ4n) is 2.97. The maximum absolute atomic E-state index is 11.5. The highest BCUT2D eigenvalue weighted by Gasteiger charge is 2.47. The standard InChI is InChI=1S/C17H20N6O2/c1-12(24)22-10-17(11-22,7-8-18)23-9-14(15(19)25)16(21-23)20-13-5-3-2-4-6-13/h2-6,9,15,25H,7,10-11,19H2,1H3,(H,20,21). The zero-order chi connectivity index (χ0) is 18.0. The number of anilines is 2. The van der Waals surface area contributed by atoms with Gasteiger partial charge in [-0.1, -0.05) is 18.2 Å². The summed E-state index contributed by atoms with van der Waals surface area (Å²) in [7, 11) is 0. The molecule has 1 atom stereocenters. The number of para-hydroxylation sites is 1. The van der Waals surface area contributed by atoms with E-state index in [-0.39, 0.29) is 12.3 Å². The fourth-order valence-corrected chi connectivity index (χ4v) is 2.97. The highest BCUT2D eigenvalue weighted by Crippen LogP contribution is 2.34. The van der Waals surface area contributed by atoms with Crippen LogP contribution in [0.3, 0.4) is 0 Å². The SMILES string of the molecule is CC(=O)N1CC(CC#N)(n2cc(C(N)O)c(Nc3ccccc3)n2)C1. The maximum atomic E-state index is 11.5. The first kappa shape index (κ1) is 17.0. The van der Waals surface area contributed by atoms with E-state index in [0.29, 0.717) is 24.5 Å². The van der Waals surface area contributed by atoms with Crippen molar-refractivity contribution in [2.45, 2.75) is 25.1 Å². The molecule has 1 aliphatic heterocycles. The summed E-state index contributed by atoms with van der Waals surface area (Å²) in [6.07, 6.45) is 0.650. The number of carbonyl (C=O) groups excluding carboxylic acids is 1. The molecule has 2 aromatic rings. The van der Waals surface area contributed by atoms with Crippen molar-refractivity contribution in [2.24, 2.45) is 5.73 Å². The van der Waals surface area contributed by atoms with Crippen LogP contribution in [0.25, 0.3) is 0 Å². The Balaban J connectivity index is 1.93. The lowest BCUT2D eigenvalue weighted by molar-refractivity contribution is -0.140. The Morgan fingerprint density at radius 1 is 1.48 bits per heavy atom. The first-order valence-corrected chi connectivity index (χ1v) is 7.93. The molecule has 0 bridgehead atoms. The first-order chi connectivity index (χ1) is 11.9. The highest BCUT2D eigenvalue weighted by atomic mass is 16.3. The van der Waals surface area contributed by atoms with Gasteiger partial charge in [-0.05, 0) is 12.1 Å². The number of hydrogen-bond acceptors (Lipinski definition) is 6. The van der Waals surface area contributed by atoms with Crippen molar-refractivity contribution >= 4 is 17.4 Å². The van der Waals surface area contributed by atoms with Gasteiger partial charge < -0.3 is 21.1 Å². The Hall–Kier alpha value is -2.89. The highest BCUT2D eigenvalue weighted by molar-refractivity contribution is 5.74. The topological polar surface area (TPSA) is 120 Å². The lowest BCUT2D eigenvalue weighted by atomic mass is 9.87. The van der Waals surface area contributed by atoms with Gasteiger partial charge in [0.2, 0.25) is 5.91 Å². The number of benzene rings is 1. The number of carbonyl (C=O) groups is 1. The van der Waals surface area contributed by atoms with Crippen LogP contribution in [0.15, 0.2) is 36.5 Å². The van der Waals surface area contributed by atoms with Gasteiger partial charge in [-0.2, -0.15) is 10.4 Å². The third-order valence-corrected chi connectivity index (χ3v) is 4.41. The minimum atomic E-state index is -1.21. The van der Waals surface area contributed by atoms with Crippen molar-refractivity contribution in [1.29, 1.82) is 5.26 Å². The van der Waals surface area contributed by atoms with Gasteiger partial charge in [0, 0.05) is 31.9 Å². The van der Waals surface area contributed by atoms with Gasteiger partial charge >= 0.3 is 0 Å². The molecule has 1 saturated heterocycles. The van der Waals surface area contributed by atoms with Gasteiger partial charge in [-0.3, -0.25) is 9.48 Å². The number of amides is 1. The van der Waals surface area contributed by atoms with E-state index in [0.717, 1.165) is 5.69 Å². The van der Waals surface area contributed by atoms with Crippen LogP contribution in [0.1, 0.15) is 25.1 Å². The van der Waals surface area contributed by atoms with E-state index in [2.05, 4.69) is 16.5 Å². The molecule has 0 radical (unpaired) electrons. The Bertz CT molecular complexity index is 802. The molecular weight excluding hydrogens is 320 g/mol. The molecule has 1 fully saturated rings. The van der Waals surface area contributed by atoms with Crippen molar-refractivity contribution in [3.05, 3.63) is 42.1 Å². The lowest BCUT2D eigenvalue weighted by Gasteiger charge is -2.48. The number of hydrogen-bond donors (Lipinski definition) is 3. The zero-order valence-corrected chi connectivity index (χ0v) is 13.9. The minimum absolute atomic E-state index is 0.0394. The number of nitriles is 1. The van der Waals surface area contributed by atoms with E-state index in [1.807, 2.05) is 30.3 Å². The van der Waals surface area contributed by atoms with Gasteiger partial charge in [0.05, 0.1) is 18.1 Å². The van der Waals surface area contributed by atoms with Gasteiger partial charge in [0.25, 0.3) is 0 Å². The Kier molecular flexibility index (Phi) is 4.44. The molecule has 1 aliphatic rings. The molecule has 130 valence electrons. The van der Waals surface area contributed by atoms with Gasteiger partial charge in [0.1, 0.15) is 11.8 Å². The summed E-state index contributed by atoms with van der Waals surface area (Å²) in [5, 5.41) is 26.7. The molecule has 0 spiro atoms. The smallest absolute Gasteiger partial charge is 0.219 e. The molecular formula is C17H20N6O2. The van der Waals surface area contributed by atoms with Gasteiger partial charge in [-0.15, -0.1) is 0 Å². The molecule has 1 unspecified atom stereocenters. The quantitative estimate of drug-likeness (QED) is 0.700. The van der Waals surface area contributed by atoms with Crippen molar-refractivity contribution in [1.82, 2.24) is 14.7 Å². The number of rotatable bonds is 5. The number of nitrogens with two attached hydrogens (primary N) is 1. The third kappa shape index (κ3) is 3.20. The van der Waals surface area contributed by atoms with E-state index in [1.165, 1.54) is 6.92 Å². The molecule has 1 aromatic heterocycles. The number of nitrogens with zero attached hydrogens (tertiary/aromatic N) is 4. The van der Waals surface area contributed by atoms with Crippen LogP contribution in [-0.4, -0.2) is 38.8 Å². The molecule has 2 heterocycles.